The van der Waals surface area contributed by atoms with Crippen molar-refractivity contribution in [2.45, 2.75) is 26.1 Å². The predicted octanol–water partition coefficient (Wildman–Crippen LogP) is 4.85. The van der Waals surface area contributed by atoms with E-state index >= 15 is 0 Å². The Kier molecular flexibility index (Phi) is 5.38. The molecular weight excluding hydrogens is 484 g/mol. The number of para-hydroxylation sites is 1. The number of nitrogens with one attached hydrogen (secondary N) is 1. The van der Waals surface area contributed by atoms with Crippen LogP contribution in [0.5, 0.6) is 0 Å². The molecule has 4 aromatic rings. The SMILES string of the molecule is C[C@@H](Nc1ccccc1C(=O)O)c1cc(Br)cn2c(=O)cc(N3Cc4ccccc4C3)nc12. The molecule has 8 heteroatoms. The third kappa shape index (κ3) is 3.98. The van der Waals surface area contributed by atoms with Crippen molar-refractivity contribution in [3.8, 4) is 0 Å². The van der Waals surface area contributed by atoms with E-state index in [1.165, 1.54) is 15.5 Å². The Morgan fingerprint density at radius 3 is 2.45 bits per heavy atom. The monoisotopic (exact) mass is 504 g/mol. The second-order valence-electron chi connectivity index (χ2n) is 8.10. The van der Waals surface area contributed by atoms with Crippen molar-refractivity contribution in [1.82, 2.24) is 9.38 Å². The number of carboxylic acid groups (broad SMARTS) is 1. The Morgan fingerprint density at radius 1 is 1.09 bits per heavy atom. The molecule has 0 saturated heterocycles. The summed E-state index contributed by atoms with van der Waals surface area (Å²) >= 11 is 3.49. The highest BCUT2D eigenvalue weighted by molar-refractivity contribution is 9.10. The zero-order chi connectivity index (χ0) is 23.1. The van der Waals surface area contributed by atoms with Gasteiger partial charge in [0.25, 0.3) is 5.56 Å². The van der Waals surface area contributed by atoms with Crippen LogP contribution in [0.2, 0.25) is 0 Å². The number of hydrogen-bond donors (Lipinski definition) is 2. The maximum Gasteiger partial charge on any atom is 0.337 e. The van der Waals surface area contributed by atoms with E-state index in [-0.39, 0.29) is 17.2 Å². The average molecular weight is 505 g/mol. The fourth-order valence-corrected chi connectivity index (χ4v) is 4.71. The van der Waals surface area contributed by atoms with Crippen LogP contribution in [0.1, 0.15) is 40.0 Å². The summed E-state index contributed by atoms with van der Waals surface area (Å²) in [7, 11) is 0. The van der Waals surface area contributed by atoms with Gasteiger partial charge in [0.05, 0.1) is 11.6 Å². The van der Waals surface area contributed by atoms with Crippen LogP contribution in [0, 0.1) is 0 Å². The molecule has 1 aliphatic rings. The van der Waals surface area contributed by atoms with Crippen LogP contribution in [-0.2, 0) is 13.1 Å². The summed E-state index contributed by atoms with van der Waals surface area (Å²) < 4.78 is 2.25. The molecule has 2 aromatic carbocycles. The highest BCUT2D eigenvalue weighted by Crippen LogP contribution is 2.30. The van der Waals surface area contributed by atoms with Gasteiger partial charge in [0.1, 0.15) is 11.5 Å². The van der Waals surface area contributed by atoms with Crippen LogP contribution in [-0.4, -0.2) is 20.5 Å². The van der Waals surface area contributed by atoms with Gasteiger partial charge >= 0.3 is 5.97 Å². The number of pyridine rings is 1. The largest absolute Gasteiger partial charge is 0.478 e. The third-order valence-electron chi connectivity index (χ3n) is 5.90. The maximum atomic E-state index is 13.0. The Bertz CT molecular complexity index is 1420. The lowest BCUT2D eigenvalue weighted by Gasteiger charge is -2.21. The minimum absolute atomic E-state index is 0.174. The first-order valence-electron chi connectivity index (χ1n) is 10.5. The summed E-state index contributed by atoms with van der Waals surface area (Å²) in [5.74, 6) is -0.382. The predicted molar refractivity (Wildman–Crippen MR) is 131 cm³/mol. The molecule has 0 saturated carbocycles. The molecule has 0 bridgehead atoms. The van der Waals surface area contributed by atoms with Crippen molar-refractivity contribution in [2.24, 2.45) is 0 Å². The molecular formula is C25H21BrN4O3. The van der Waals surface area contributed by atoms with Crippen molar-refractivity contribution < 1.29 is 9.90 Å². The Hall–Kier alpha value is -3.65. The first-order valence-corrected chi connectivity index (χ1v) is 11.3. The van der Waals surface area contributed by atoms with Crippen molar-refractivity contribution in [3.05, 3.63) is 104 Å². The number of anilines is 2. The lowest BCUT2D eigenvalue weighted by molar-refractivity contribution is 0.0698. The second kappa shape index (κ2) is 8.37. The van der Waals surface area contributed by atoms with Crippen LogP contribution in [0.25, 0.3) is 5.65 Å². The standard InChI is InChI=1S/C25H21BrN4O3/c1-15(27-21-9-5-4-8-19(21)25(32)33)20-10-18(26)14-30-23(31)11-22(28-24(20)30)29-12-16-6-2-3-7-17(16)13-29/h2-11,14-15,27H,12-13H2,1H3,(H,32,33)/t15-/m1/s1. The molecule has 1 aliphatic heterocycles. The van der Waals surface area contributed by atoms with E-state index in [1.807, 2.05) is 25.1 Å². The zero-order valence-electron chi connectivity index (χ0n) is 17.8. The molecule has 2 N–H and O–H groups in total. The van der Waals surface area contributed by atoms with Gasteiger partial charge in [-0.3, -0.25) is 9.20 Å². The van der Waals surface area contributed by atoms with Gasteiger partial charge in [0, 0.05) is 41.1 Å². The van der Waals surface area contributed by atoms with Gasteiger partial charge in [-0.2, -0.15) is 0 Å². The van der Waals surface area contributed by atoms with Gasteiger partial charge in [0.15, 0.2) is 0 Å². The first kappa shape index (κ1) is 21.2. The molecule has 33 heavy (non-hydrogen) atoms. The highest BCUT2D eigenvalue weighted by atomic mass is 79.9. The lowest BCUT2D eigenvalue weighted by Crippen LogP contribution is -2.23. The summed E-state index contributed by atoms with van der Waals surface area (Å²) in [6, 6.07) is 18.1. The van der Waals surface area contributed by atoms with E-state index in [2.05, 4.69) is 38.3 Å². The molecule has 0 amide bonds. The number of carbonyl (C=O) groups is 1. The van der Waals surface area contributed by atoms with Crippen LogP contribution >= 0.6 is 15.9 Å². The Balaban J connectivity index is 1.57. The number of hydrogen-bond acceptors (Lipinski definition) is 5. The van der Waals surface area contributed by atoms with E-state index in [1.54, 1.807) is 36.5 Å². The van der Waals surface area contributed by atoms with Gasteiger partial charge in [0.2, 0.25) is 0 Å². The number of benzene rings is 2. The lowest BCUT2D eigenvalue weighted by atomic mass is 10.1. The molecule has 0 aliphatic carbocycles. The molecule has 1 atom stereocenters. The molecule has 0 fully saturated rings. The Labute approximate surface area is 198 Å². The maximum absolute atomic E-state index is 13.0. The number of aromatic carboxylic acids is 1. The zero-order valence-corrected chi connectivity index (χ0v) is 19.4. The molecule has 2 aromatic heterocycles. The number of nitrogens with zero attached hydrogens (tertiary/aromatic N) is 3. The van der Waals surface area contributed by atoms with Crippen molar-refractivity contribution in [3.63, 3.8) is 0 Å². The van der Waals surface area contributed by atoms with E-state index in [4.69, 9.17) is 4.98 Å². The number of rotatable bonds is 5. The number of halogens is 1. The average Bonchev–Trinajstić information content (AvgIpc) is 3.23. The molecule has 7 nitrogen and oxygen atoms in total. The normalized spacial score (nSPS) is 13.7. The summed E-state index contributed by atoms with van der Waals surface area (Å²) in [6.07, 6.45) is 1.70. The molecule has 3 heterocycles. The second-order valence-corrected chi connectivity index (χ2v) is 9.02. The molecule has 5 rings (SSSR count). The van der Waals surface area contributed by atoms with Crippen LogP contribution in [0.3, 0.4) is 0 Å². The van der Waals surface area contributed by atoms with Crippen molar-refractivity contribution in [2.75, 3.05) is 10.2 Å². The van der Waals surface area contributed by atoms with Crippen molar-refractivity contribution >= 4 is 39.1 Å². The van der Waals surface area contributed by atoms with E-state index in [0.29, 0.717) is 30.2 Å². The molecule has 0 unspecified atom stereocenters. The number of aromatic nitrogens is 2. The van der Waals surface area contributed by atoms with Crippen LogP contribution in [0.4, 0.5) is 11.5 Å². The Morgan fingerprint density at radius 2 is 1.76 bits per heavy atom. The first-order chi connectivity index (χ1) is 15.9. The number of carboxylic acids is 1. The number of fused-ring (bicyclic) bond motifs is 2. The smallest absolute Gasteiger partial charge is 0.337 e. The summed E-state index contributed by atoms with van der Waals surface area (Å²) in [6.45, 7) is 3.32. The van der Waals surface area contributed by atoms with E-state index in [0.717, 1.165) is 10.0 Å². The summed E-state index contributed by atoms with van der Waals surface area (Å²) in [5.41, 5.74) is 4.29. The van der Waals surface area contributed by atoms with Gasteiger partial charge in [-0.1, -0.05) is 36.4 Å². The van der Waals surface area contributed by atoms with E-state index in [9.17, 15) is 14.7 Å². The van der Waals surface area contributed by atoms with Gasteiger partial charge < -0.3 is 15.3 Å². The topological polar surface area (TPSA) is 86.9 Å². The minimum Gasteiger partial charge on any atom is -0.478 e. The van der Waals surface area contributed by atoms with Crippen LogP contribution in [0.15, 0.2) is 76.1 Å². The van der Waals surface area contributed by atoms with Crippen LogP contribution < -0.4 is 15.8 Å². The fourth-order valence-electron chi connectivity index (χ4n) is 4.26. The van der Waals surface area contributed by atoms with E-state index < -0.39 is 5.97 Å². The minimum atomic E-state index is -1.00. The fraction of sp³-hybridized carbons (Fsp3) is 0.160. The highest BCUT2D eigenvalue weighted by Gasteiger charge is 2.22. The van der Waals surface area contributed by atoms with Gasteiger partial charge in [-0.25, -0.2) is 9.78 Å². The van der Waals surface area contributed by atoms with Gasteiger partial charge in [-0.15, -0.1) is 0 Å². The molecule has 166 valence electrons. The van der Waals surface area contributed by atoms with Gasteiger partial charge in [-0.05, 0) is 52.2 Å². The third-order valence-corrected chi connectivity index (χ3v) is 6.34. The molecule has 0 radical (unpaired) electrons. The summed E-state index contributed by atoms with van der Waals surface area (Å²) in [5, 5.41) is 12.8. The quantitative estimate of drug-likeness (QED) is 0.404. The van der Waals surface area contributed by atoms with Crippen molar-refractivity contribution in [1.29, 1.82) is 0 Å². The molecule has 0 spiro atoms. The summed E-state index contributed by atoms with van der Waals surface area (Å²) in [4.78, 5) is 31.6.